The summed E-state index contributed by atoms with van der Waals surface area (Å²) in [7, 11) is 0. The highest BCUT2D eigenvalue weighted by Crippen LogP contribution is 2.23. The maximum Gasteiger partial charge on any atom is 0.159 e. The van der Waals surface area contributed by atoms with E-state index in [1.54, 1.807) is 0 Å². The van der Waals surface area contributed by atoms with Crippen LogP contribution in [0.5, 0.6) is 0 Å². The van der Waals surface area contributed by atoms with Crippen LogP contribution in [-0.4, -0.2) is 53.2 Å². The average Bonchev–Trinajstić information content (AvgIpc) is 3.36. The molecule has 0 aromatic carbocycles. The normalized spacial score (nSPS) is 12.4. The number of unbranched alkanes of at least 4 members (excludes halogenated alkanes) is 36. The van der Waals surface area contributed by atoms with Gasteiger partial charge in [-0.25, -0.2) is 0 Å². The summed E-state index contributed by atoms with van der Waals surface area (Å²) in [5, 5.41) is 0. The fourth-order valence-electron chi connectivity index (χ4n) is 8.91. The molecular weight excluding hydrogens is 857 g/mol. The molecule has 412 valence electrons. The molecule has 0 aliphatic rings. The molecule has 0 radical (unpaired) electrons. The molecule has 0 aromatic rings. The molecule has 7 heteroatoms. The third kappa shape index (κ3) is 49.9. The molecule has 0 saturated carbocycles. The van der Waals surface area contributed by atoms with Crippen LogP contribution in [0, 0.1) is 0 Å². The van der Waals surface area contributed by atoms with Gasteiger partial charge in [-0.15, -0.1) is 0 Å². The van der Waals surface area contributed by atoms with Gasteiger partial charge < -0.3 is 33.2 Å². The number of rotatable bonds is 60. The topological polar surface area (TPSA) is 64.6 Å². The summed E-state index contributed by atoms with van der Waals surface area (Å²) in [6.45, 7) is 17.6. The molecule has 0 N–H and O–H groups in total. The molecule has 0 unspecified atom stereocenters. The Kier molecular flexibility index (Phi) is 57.9. The number of hydrogen-bond acceptors (Lipinski definition) is 7. The van der Waals surface area contributed by atoms with E-state index in [4.69, 9.17) is 33.2 Å². The van der Waals surface area contributed by atoms with Crippen molar-refractivity contribution in [3.63, 3.8) is 0 Å². The fourth-order valence-corrected chi connectivity index (χ4v) is 8.91. The van der Waals surface area contributed by atoms with Crippen LogP contribution in [-0.2, 0) is 33.2 Å². The number of hydrogen-bond donors (Lipinski definition) is 0. The molecule has 69 heavy (non-hydrogen) atoms. The highest BCUT2D eigenvalue weighted by atomic mass is 16.7. The Balaban J connectivity index is 5.77. The van der Waals surface area contributed by atoms with E-state index in [1.807, 2.05) is 0 Å². The molecular formula is C62H122O7. The minimum atomic E-state index is 0.129. The van der Waals surface area contributed by atoms with Crippen molar-refractivity contribution < 1.29 is 33.2 Å². The Labute approximate surface area is 431 Å². The van der Waals surface area contributed by atoms with Crippen molar-refractivity contribution >= 4 is 0 Å². The Hall–Kier alpha value is -1.44. The van der Waals surface area contributed by atoms with E-state index in [9.17, 15) is 0 Å². The maximum atomic E-state index is 6.61. The van der Waals surface area contributed by atoms with Gasteiger partial charge in [0, 0.05) is 12.8 Å². The van der Waals surface area contributed by atoms with Crippen LogP contribution in [0.1, 0.15) is 324 Å². The predicted molar refractivity (Wildman–Crippen MR) is 298 cm³/mol. The Morgan fingerprint density at radius 1 is 0.203 bits per heavy atom. The van der Waals surface area contributed by atoms with E-state index in [1.165, 1.54) is 231 Å². The largest absolute Gasteiger partial charge is 0.494 e. The van der Waals surface area contributed by atoms with Crippen molar-refractivity contribution in [3.8, 4) is 0 Å². The lowest BCUT2D eigenvalue weighted by Crippen LogP contribution is -2.14. The molecule has 0 aromatic heterocycles. The Bertz CT molecular complexity index is 964. The zero-order valence-electron chi connectivity index (χ0n) is 47.6. The van der Waals surface area contributed by atoms with Gasteiger partial charge in [0.05, 0.1) is 26.4 Å². The first-order valence-corrected chi connectivity index (χ1v) is 30.9. The summed E-state index contributed by atoms with van der Waals surface area (Å²) in [4.78, 5) is 0. The van der Waals surface area contributed by atoms with Crippen LogP contribution in [0.4, 0.5) is 0 Å². The van der Waals surface area contributed by atoms with Crippen LogP contribution in [0.25, 0.3) is 0 Å². The summed E-state index contributed by atoms with van der Waals surface area (Å²) in [5.74, 6) is 3.70. The van der Waals surface area contributed by atoms with Crippen molar-refractivity contribution in [2.24, 2.45) is 0 Å². The second-order valence-electron chi connectivity index (χ2n) is 20.5. The molecule has 0 spiro atoms. The second kappa shape index (κ2) is 59.1. The average molecular weight is 980 g/mol. The predicted octanol–water partition coefficient (Wildman–Crippen LogP) is 20.7. The lowest BCUT2D eigenvalue weighted by Gasteiger charge is -2.19. The lowest BCUT2D eigenvalue weighted by atomic mass is 10.1. The van der Waals surface area contributed by atoms with Crippen molar-refractivity contribution in [1.82, 2.24) is 0 Å². The summed E-state index contributed by atoms with van der Waals surface area (Å²) in [6, 6.07) is 0. The van der Waals surface area contributed by atoms with Gasteiger partial charge in [0.15, 0.2) is 11.5 Å². The quantitative estimate of drug-likeness (QED) is 0.0342. The smallest absolute Gasteiger partial charge is 0.159 e. The van der Waals surface area contributed by atoms with E-state index < -0.39 is 0 Å². The highest BCUT2D eigenvalue weighted by Gasteiger charge is 2.14. The van der Waals surface area contributed by atoms with Gasteiger partial charge in [-0.2, -0.15) is 0 Å². The molecule has 0 heterocycles. The summed E-state index contributed by atoms with van der Waals surface area (Å²) in [6.07, 6.45) is 55.1. The van der Waals surface area contributed by atoms with Gasteiger partial charge >= 0.3 is 0 Å². The molecule has 7 nitrogen and oxygen atoms in total. The van der Waals surface area contributed by atoms with E-state index >= 15 is 0 Å². The van der Waals surface area contributed by atoms with Crippen molar-refractivity contribution in [1.29, 1.82) is 0 Å². The molecule has 0 aliphatic heterocycles. The van der Waals surface area contributed by atoms with Gasteiger partial charge in [-0.3, -0.25) is 0 Å². The first-order valence-electron chi connectivity index (χ1n) is 30.9. The van der Waals surface area contributed by atoms with E-state index in [-0.39, 0.29) is 13.6 Å². The van der Waals surface area contributed by atoms with E-state index in [2.05, 4.69) is 41.5 Å². The van der Waals surface area contributed by atoms with Crippen LogP contribution in [0.15, 0.2) is 23.0 Å². The van der Waals surface area contributed by atoms with Gasteiger partial charge in [0.2, 0.25) is 0 Å². The van der Waals surface area contributed by atoms with Crippen molar-refractivity contribution in [3.05, 3.63) is 23.0 Å². The minimum absolute atomic E-state index is 0.129. The molecule has 0 fully saturated rings. The third-order valence-electron chi connectivity index (χ3n) is 13.5. The molecule has 0 atom stereocenters. The van der Waals surface area contributed by atoms with Gasteiger partial charge in [-0.05, 0) is 38.5 Å². The highest BCUT2D eigenvalue weighted by molar-refractivity contribution is 5.03. The van der Waals surface area contributed by atoms with Gasteiger partial charge in [0.25, 0.3) is 0 Å². The minimum Gasteiger partial charge on any atom is -0.494 e. The first kappa shape index (κ1) is 67.6. The van der Waals surface area contributed by atoms with Crippen molar-refractivity contribution in [2.45, 2.75) is 324 Å². The van der Waals surface area contributed by atoms with Crippen LogP contribution in [0.3, 0.4) is 0 Å². The number of ether oxygens (including phenoxy) is 7. The summed E-state index contributed by atoms with van der Waals surface area (Å²) < 4.78 is 44.8. The SMILES string of the molecule is CCCCCCCCCOC(CCCCCCCCC)=C(COCOCOCC(OCCCCCCCCC)=C(CCCCCCCCC)OCCCCCCCCC)OCCCCCCCCC. The summed E-state index contributed by atoms with van der Waals surface area (Å²) in [5.41, 5.74) is 0. The fraction of sp³-hybridized carbons (Fsp3) is 0.935. The zero-order valence-corrected chi connectivity index (χ0v) is 47.6. The first-order chi connectivity index (χ1) is 34.2. The number of allylic oxidation sites excluding steroid dienone is 2. The standard InChI is InChI=1S/C62H122O7/c1-7-13-19-25-31-37-43-49-59(66-51-45-39-33-27-21-15-9-3)61(68-53-47-41-35-29-23-17-11-5)55-63-57-65-58-64-56-62(69-54-48-42-36-30-24-18-12-6)60(50-44-38-32-26-20-14-8-2)67-52-46-40-34-28-22-16-10-4/h7-58H2,1-6H3. The van der Waals surface area contributed by atoms with Crippen molar-refractivity contribution in [2.75, 3.05) is 53.2 Å². The monoisotopic (exact) mass is 979 g/mol. The van der Waals surface area contributed by atoms with Gasteiger partial charge in [-0.1, -0.05) is 273 Å². The molecule has 0 aliphatic carbocycles. The van der Waals surface area contributed by atoms with Gasteiger partial charge in [0.1, 0.15) is 38.3 Å². The van der Waals surface area contributed by atoms with Crippen LogP contribution in [0.2, 0.25) is 0 Å². The molecule has 0 amide bonds. The Morgan fingerprint density at radius 2 is 0.406 bits per heavy atom. The van der Waals surface area contributed by atoms with E-state index in [0.717, 1.165) is 87.6 Å². The van der Waals surface area contributed by atoms with Crippen LogP contribution < -0.4 is 0 Å². The Morgan fingerprint density at radius 3 is 0.652 bits per heavy atom. The molecule has 0 rings (SSSR count). The maximum absolute atomic E-state index is 6.61. The molecule has 0 bridgehead atoms. The summed E-state index contributed by atoms with van der Waals surface area (Å²) >= 11 is 0. The lowest BCUT2D eigenvalue weighted by molar-refractivity contribution is -0.132. The molecule has 0 saturated heterocycles. The van der Waals surface area contributed by atoms with E-state index in [0.29, 0.717) is 26.4 Å². The van der Waals surface area contributed by atoms with Crippen LogP contribution >= 0.6 is 0 Å². The zero-order chi connectivity index (χ0) is 50.0. The third-order valence-corrected chi connectivity index (χ3v) is 13.5. The second-order valence-corrected chi connectivity index (χ2v) is 20.5.